The van der Waals surface area contributed by atoms with Crippen LogP contribution >= 0.6 is 31.9 Å². The van der Waals surface area contributed by atoms with Gasteiger partial charge in [-0.15, -0.1) is 0 Å². The first-order valence-electron chi connectivity index (χ1n) is 5.25. The smallest absolute Gasteiger partial charge is 0.133 e. The molecule has 94 valence electrons. The van der Waals surface area contributed by atoms with E-state index in [9.17, 15) is 0 Å². The lowest BCUT2D eigenvalue weighted by Gasteiger charge is -2.22. The van der Waals surface area contributed by atoms with E-state index in [1.54, 1.807) is 0 Å². The lowest BCUT2D eigenvalue weighted by atomic mass is 9.88. The van der Waals surface area contributed by atoms with Crippen molar-refractivity contribution in [1.29, 1.82) is 5.41 Å². The van der Waals surface area contributed by atoms with Crippen LogP contribution < -0.4 is 10.5 Å². The van der Waals surface area contributed by atoms with Gasteiger partial charge in [-0.2, -0.15) is 0 Å². The fourth-order valence-corrected chi connectivity index (χ4v) is 2.30. The number of benzene rings is 1. The number of hydrogen-bond acceptors (Lipinski definition) is 2. The molecule has 0 unspecified atom stereocenters. The van der Waals surface area contributed by atoms with Crippen LogP contribution in [0.15, 0.2) is 27.1 Å². The normalized spacial score (nSPS) is 11.3. The van der Waals surface area contributed by atoms with Crippen LogP contribution in [0.4, 0.5) is 0 Å². The van der Waals surface area contributed by atoms with Crippen LogP contribution in [-0.4, -0.2) is 12.4 Å². The fraction of sp³-hybridized carbons (Fsp3) is 0.417. The van der Waals surface area contributed by atoms with Crippen molar-refractivity contribution < 1.29 is 4.74 Å². The number of rotatable bonds is 5. The number of hydrogen-bond donors (Lipinski definition) is 2. The summed E-state index contributed by atoms with van der Waals surface area (Å²) in [6.45, 7) is 4.41. The Labute approximate surface area is 118 Å². The maximum atomic E-state index is 7.46. The van der Waals surface area contributed by atoms with Crippen molar-refractivity contribution in [1.82, 2.24) is 0 Å². The highest BCUT2D eigenvalue weighted by molar-refractivity contribution is 9.11. The van der Waals surface area contributed by atoms with E-state index in [0.717, 1.165) is 14.7 Å². The van der Waals surface area contributed by atoms with E-state index in [1.807, 2.05) is 32.0 Å². The van der Waals surface area contributed by atoms with Crippen molar-refractivity contribution in [3.63, 3.8) is 0 Å². The molecule has 5 heteroatoms. The SMILES string of the molecule is CC(C)(CCOc1ccc(Br)cc1Br)C(=N)N. The van der Waals surface area contributed by atoms with Gasteiger partial charge < -0.3 is 10.5 Å². The Balaban J connectivity index is 2.54. The molecule has 0 saturated carbocycles. The molecule has 0 amide bonds. The van der Waals surface area contributed by atoms with Crippen LogP contribution in [0.2, 0.25) is 0 Å². The lowest BCUT2D eigenvalue weighted by molar-refractivity contribution is 0.267. The molecule has 0 radical (unpaired) electrons. The molecule has 0 bridgehead atoms. The molecule has 0 aliphatic carbocycles. The summed E-state index contributed by atoms with van der Waals surface area (Å²) in [6.07, 6.45) is 0.713. The van der Waals surface area contributed by atoms with E-state index >= 15 is 0 Å². The molecule has 1 aromatic carbocycles. The molecular weight excluding hydrogens is 348 g/mol. The maximum absolute atomic E-state index is 7.46. The Morgan fingerprint density at radius 2 is 2.06 bits per heavy atom. The van der Waals surface area contributed by atoms with Crippen LogP contribution in [0, 0.1) is 10.8 Å². The third-order valence-corrected chi connectivity index (χ3v) is 3.72. The molecule has 17 heavy (non-hydrogen) atoms. The molecule has 0 aliphatic heterocycles. The van der Waals surface area contributed by atoms with Gasteiger partial charge in [0.15, 0.2) is 0 Å². The Hall–Kier alpha value is -0.550. The summed E-state index contributed by atoms with van der Waals surface area (Å²) in [4.78, 5) is 0. The summed E-state index contributed by atoms with van der Waals surface area (Å²) >= 11 is 6.82. The standard InChI is InChI=1S/C12H16Br2N2O/c1-12(2,11(15)16)5-6-17-10-4-3-8(13)7-9(10)14/h3-4,7H,5-6H2,1-2H3,(H3,15,16). The summed E-state index contributed by atoms with van der Waals surface area (Å²) in [5.41, 5.74) is 5.19. The summed E-state index contributed by atoms with van der Waals surface area (Å²) < 4.78 is 7.57. The Morgan fingerprint density at radius 1 is 1.41 bits per heavy atom. The van der Waals surface area contributed by atoms with E-state index in [2.05, 4.69) is 31.9 Å². The number of amidine groups is 1. The van der Waals surface area contributed by atoms with Crippen LogP contribution in [0.5, 0.6) is 5.75 Å². The summed E-state index contributed by atoms with van der Waals surface area (Å²) in [6, 6.07) is 5.76. The lowest BCUT2D eigenvalue weighted by Crippen LogP contribution is -2.32. The molecule has 0 atom stereocenters. The Bertz CT molecular complexity index is 419. The first kappa shape index (κ1) is 14.5. The minimum atomic E-state index is -0.318. The predicted molar refractivity (Wildman–Crippen MR) is 77.6 cm³/mol. The number of halogens is 2. The number of ether oxygens (including phenoxy) is 1. The largest absolute Gasteiger partial charge is 0.492 e. The molecular formula is C12H16Br2N2O. The van der Waals surface area contributed by atoms with Gasteiger partial charge in [0.25, 0.3) is 0 Å². The molecule has 3 nitrogen and oxygen atoms in total. The highest BCUT2D eigenvalue weighted by atomic mass is 79.9. The van der Waals surface area contributed by atoms with E-state index in [1.165, 1.54) is 0 Å². The summed E-state index contributed by atoms with van der Waals surface area (Å²) in [5, 5.41) is 7.46. The van der Waals surface area contributed by atoms with Gasteiger partial charge in [-0.1, -0.05) is 29.8 Å². The topological polar surface area (TPSA) is 59.1 Å². The quantitative estimate of drug-likeness (QED) is 0.614. The van der Waals surface area contributed by atoms with Gasteiger partial charge in [-0.25, -0.2) is 0 Å². The molecule has 0 heterocycles. The van der Waals surface area contributed by atoms with Crippen molar-refractivity contribution in [3.8, 4) is 5.75 Å². The van der Waals surface area contributed by atoms with Crippen molar-refractivity contribution in [3.05, 3.63) is 27.1 Å². The second kappa shape index (κ2) is 5.87. The van der Waals surface area contributed by atoms with Gasteiger partial charge in [-0.05, 0) is 40.5 Å². The van der Waals surface area contributed by atoms with Crippen molar-refractivity contribution in [2.75, 3.05) is 6.61 Å². The first-order chi connectivity index (χ1) is 7.83. The average molecular weight is 364 g/mol. The maximum Gasteiger partial charge on any atom is 0.133 e. The highest BCUT2D eigenvalue weighted by Crippen LogP contribution is 2.29. The van der Waals surface area contributed by atoms with Crippen LogP contribution in [0.1, 0.15) is 20.3 Å². The average Bonchev–Trinajstić information content (AvgIpc) is 2.21. The second-order valence-corrected chi connectivity index (χ2v) is 6.24. The molecule has 1 rings (SSSR count). The summed E-state index contributed by atoms with van der Waals surface area (Å²) in [5.74, 6) is 0.989. The molecule has 0 spiro atoms. The minimum Gasteiger partial charge on any atom is -0.492 e. The molecule has 1 aromatic rings. The monoisotopic (exact) mass is 362 g/mol. The van der Waals surface area contributed by atoms with Gasteiger partial charge in [0.2, 0.25) is 0 Å². The fourth-order valence-electron chi connectivity index (χ4n) is 1.14. The van der Waals surface area contributed by atoms with Crippen molar-refractivity contribution >= 4 is 37.7 Å². The zero-order chi connectivity index (χ0) is 13.1. The zero-order valence-electron chi connectivity index (χ0n) is 9.89. The van der Waals surface area contributed by atoms with E-state index in [0.29, 0.717) is 13.0 Å². The molecule has 0 fully saturated rings. The van der Waals surface area contributed by atoms with E-state index in [4.69, 9.17) is 15.9 Å². The zero-order valence-corrected chi connectivity index (χ0v) is 13.1. The van der Waals surface area contributed by atoms with Gasteiger partial charge in [0.1, 0.15) is 5.75 Å². The highest BCUT2D eigenvalue weighted by Gasteiger charge is 2.21. The second-order valence-electron chi connectivity index (χ2n) is 4.47. The number of nitrogens with two attached hydrogens (primary N) is 1. The van der Waals surface area contributed by atoms with Gasteiger partial charge in [0, 0.05) is 9.89 Å². The Kier molecular flexibility index (Phi) is 5.01. The minimum absolute atomic E-state index is 0.191. The van der Waals surface area contributed by atoms with Crippen LogP contribution in [0.3, 0.4) is 0 Å². The molecule has 0 saturated heterocycles. The van der Waals surface area contributed by atoms with Crippen molar-refractivity contribution in [2.24, 2.45) is 11.1 Å². The number of nitrogens with one attached hydrogen (secondary N) is 1. The summed E-state index contributed by atoms with van der Waals surface area (Å²) in [7, 11) is 0. The molecule has 0 aromatic heterocycles. The first-order valence-corrected chi connectivity index (χ1v) is 6.84. The van der Waals surface area contributed by atoms with E-state index < -0.39 is 0 Å². The van der Waals surface area contributed by atoms with Gasteiger partial charge in [-0.3, -0.25) is 5.41 Å². The third-order valence-electron chi connectivity index (χ3n) is 2.61. The predicted octanol–water partition coefficient (Wildman–Crippen LogP) is 3.94. The van der Waals surface area contributed by atoms with Gasteiger partial charge >= 0.3 is 0 Å². The molecule has 3 N–H and O–H groups in total. The Morgan fingerprint density at radius 3 is 2.59 bits per heavy atom. The van der Waals surface area contributed by atoms with E-state index in [-0.39, 0.29) is 11.3 Å². The molecule has 0 aliphatic rings. The third kappa shape index (κ3) is 4.32. The van der Waals surface area contributed by atoms with Crippen LogP contribution in [0.25, 0.3) is 0 Å². The van der Waals surface area contributed by atoms with Crippen molar-refractivity contribution in [2.45, 2.75) is 20.3 Å². The van der Waals surface area contributed by atoms with Crippen LogP contribution in [-0.2, 0) is 0 Å². The van der Waals surface area contributed by atoms with Gasteiger partial charge in [0.05, 0.1) is 16.9 Å².